The Balaban J connectivity index is 1.79. The monoisotopic (exact) mass is 282 g/mol. The van der Waals surface area contributed by atoms with Gasteiger partial charge in [-0.05, 0) is 38.1 Å². The van der Waals surface area contributed by atoms with Gasteiger partial charge in [-0.3, -0.25) is 4.79 Å². The predicted molar refractivity (Wildman–Crippen MR) is 80.6 cm³/mol. The van der Waals surface area contributed by atoms with Gasteiger partial charge in [0.05, 0.1) is 0 Å². The summed E-state index contributed by atoms with van der Waals surface area (Å²) < 4.78 is 5.09. The van der Waals surface area contributed by atoms with E-state index in [1.165, 1.54) is 32.1 Å². The zero-order valence-corrected chi connectivity index (χ0v) is 13.0. The molecule has 1 spiro atoms. The number of hydrogen-bond acceptors (Lipinski definition) is 3. The van der Waals surface area contributed by atoms with Crippen LogP contribution in [-0.4, -0.2) is 37.7 Å². The van der Waals surface area contributed by atoms with Crippen molar-refractivity contribution in [1.82, 2.24) is 10.6 Å². The van der Waals surface area contributed by atoms with Crippen LogP contribution >= 0.6 is 0 Å². The summed E-state index contributed by atoms with van der Waals surface area (Å²) in [7, 11) is 1.69. The highest BCUT2D eigenvalue weighted by Crippen LogP contribution is 2.34. The number of hydrogen-bond donors (Lipinski definition) is 2. The third kappa shape index (κ3) is 4.45. The van der Waals surface area contributed by atoms with E-state index in [9.17, 15) is 4.79 Å². The molecule has 2 aliphatic rings. The zero-order chi connectivity index (χ0) is 14.4. The van der Waals surface area contributed by atoms with Crippen molar-refractivity contribution in [1.29, 1.82) is 0 Å². The lowest BCUT2D eigenvalue weighted by Gasteiger charge is -2.44. The molecule has 0 aromatic carbocycles. The van der Waals surface area contributed by atoms with Gasteiger partial charge >= 0.3 is 0 Å². The first kappa shape index (κ1) is 15.8. The van der Waals surface area contributed by atoms with E-state index in [-0.39, 0.29) is 5.91 Å². The van der Waals surface area contributed by atoms with Crippen LogP contribution in [0.4, 0.5) is 0 Å². The van der Waals surface area contributed by atoms with Gasteiger partial charge in [0, 0.05) is 31.7 Å². The molecule has 2 N–H and O–H groups in total. The fraction of sp³-hybridized carbons (Fsp3) is 0.938. The molecule has 20 heavy (non-hydrogen) atoms. The summed E-state index contributed by atoms with van der Waals surface area (Å²) in [5.74, 6) is 0.484. The van der Waals surface area contributed by atoms with Crippen molar-refractivity contribution < 1.29 is 9.53 Å². The van der Waals surface area contributed by atoms with Crippen LogP contribution in [0.15, 0.2) is 0 Å². The topological polar surface area (TPSA) is 50.4 Å². The highest BCUT2D eigenvalue weighted by Gasteiger charge is 2.37. The Bertz CT molecular complexity index is 308. The van der Waals surface area contributed by atoms with Crippen LogP contribution < -0.4 is 10.6 Å². The lowest BCUT2D eigenvalue weighted by molar-refractivity contribution is -0.123. The number of amides is 1. The second-order valence-electron chi connectivity index (χ2n) is 6.79. The van der Waals surface area contributed by atoms with E-state index >= 15 is 0 Å². The fourth-order valence-corrected chi connectivity index (χ4v) is 3.84. The summed E-state index contributed by atoms with van der Waals surface area (Å²) in [5, 5.41) is 6.97. The molecule has 116 valence electrons. The summed E-state index contributed by atoms with van der Waals surface area (Å²) in [6.07, 6.45) is 9.33. The average molecular weight is 282 g/mol. The number of rotatable bonds is 5. The molecule has 1 saturated carbocycles. The Morgan fingerprint density at radius 2 is 2.15 bits per heavy atom. The van der Waals surface area contributed by atoms with Gasteiger partial charge in [-0.1, -0.05) is 26.2 Å². The Morgan fingerprint density at radius 1 is 1.40 bits per heavy atom. The maximum atomic E-state index is 12.1. The Hall–Kier alpha value is -0.610. The molecule has 0 radical (unpaired) electrons. The summed E-state index contributed by atoms with van der Waals surface area (Å²) >= 11 is 0. The molecule has 1 aliphatic heterocycles. The number of ether oxygens (including phenoxy) is 1. The van der Waals surface area contributed by atoms with Crippen LogP contribution in [0.2, 0.25) is 0 Å². The molecule has 2 fully saturated rings. The van der Waals surface area contributed by atoms with Gasteiger partial charge in [0.2, 0.25) is 5.91 Å². The van der Waals surface area contributed by atoms with Crippen LogP contribution in [0.1, 0.15) is 58.3 Å². The maximum Gasteiger partial charge on any atom is 0.220 e. The van der Waals surface area contributed by atoms with Crippen LogP contribution in [-0.2, 0) is 9.53 Å². The molecule has 1 saturated heterocycles. The van der Waals surface area contributed by atoms with E-state index in [1.807, 2.05) is 0 Å². The Kier molecular flexibility index (Phi) is 5.85. The van der Waals surface area contributed by atoms with Gasteiger partial charge in [-0.2, -0.15) is 0 Å². The third-order valence-corrected chi connectivity index (χ3v) is 4.79. The molecule has 1 amide bonds. The van der Waals surface area contributed by atoms with Crippen LogP contribution in [0.5, 0.6) is 0 Å². The largest absolute Gasteiger partial charge is 0.384 e. The minimum absolute atomic E-state index is 0.187. The fourth-order valence-electron chi connectivity index (χ4n) is 3.84. The molecule has 4 heteroatoms. The van der Waals surface area contributed by atoms with Gasteiger partial charge in [-0.25, -0.2) is 0 Å². The standard InChI is InChI=1S/C16H30N2O2/c1-13(12-20-2)10-15(19)18-14-6-9-17-16(11-14)7-4-3-5-8-16/h13-14,17H,3-12H2,1-2H3,(H,18,19). The SMILES string of the molecule is COCC(C)CC(=O)NC1CCNC2(CCCCC2)C1. The van der Waals surface area contributed by atoms with Crippen LogP contribution in [0, 0.1) is 5.92 Å². The van der Waals surface area contributed by atoms with E-state index in [0.29, 0.717) is 30.5 Å². The minimum atomic E-state index is 0.187. The predicted octanol–water partition coefficient (Wildman–Crippen LogP) is 2.23. The van der Waals surface area contributed by atoms with E-state index in [0.717, 1.165) is 19.4 Å². The van der Waals surface area contributed by atoms with Gasteiger partial charge in [-0.15, -0.1) is 0 Å². The van der Waals surface area contributed by atoms with Crippen molar-refractivity contribution in [3.63, 3.8) is 0 Å². The molecule has 0 bridgehead atoms. The second-order valence-corrected chi connectivity index (χ2v) is 6.79. The Labute approximate surface area is 123 Å². The Morgan fingerprint density at radius 3 is 2.85 bits per heavy atom. The number of carbonyl (C=O) groups is 1. The van der Waals surface area contributed by atoms with Gasteiger partial charge < -0.3 is 15.4 Å². The van der Waals surface area contributed by atoms with Crippen molar-refractivity contribution in [2.75, 3.05) is 20.3 Å². The van der Waals surface area contributed by atoms with E-state index in [4.69, 9.17) is 4.74 Å². The van der Waals surface area contributed by atoms with Gasteiger partial charge in [0.25, 0.3) is 0 Å². The minimum Gasteiger partial charge on any atom is -0.384 e. The highest BCUT2D eigenvalue weighted by atomic mass is 16.5. The highest BCUT2D eigenvalue weighted by molar-refractivity contribution is 5.76. The van der Waals surface area contributed by atoms with Crippen LogP contribution in [0.3, 0.4) is 0 Å². The first-order valence-corrected chi connectivity index (χ1v) is 8.17. The molecule has 2 atom stereocenters. The third-order valence-electron chi connectivity index (χ3n) is 4.79. The molecule has 1 heterocycles. The first-order valence-electron chi connectivity index (χ1n) is 8.17. The van der Waals surface area contributed by atoms with Crippen molar-refractivity contribution >= 4 is 5.91 Å². The van der Waals surface area contributed by atoms with Gasteiger partial charge in [0.1, 0.15) is 0 Å². The summed E-state index contributed by atoms with van der Waals surface area (Å²) in [6, 6.07) is 0.358. The van der Waals surface area contributed by atoms with E-state index in [1.54, 1.807) is 7.11 Å². The average Bonchev–Trinajstić information content (AvgIpc) is 2.39. The zero-order valence-electron chi connectivity index (χ0n) is 13.0. The van der Waals surface area contributed by atoms with Crippen molar-refractivity contribution in [3.8, 4) is 0 Å². The molecule has 2 rings (SSSR count). The molecule has 1 aliphatic carbocycles. The number of carbonyl (C=O) groups excluding carboxylic acids is 1. The lowest BCUT2D eigenvalue weighted by atomic mass is 9.75. The molecule has 0 aromatic rings. The molecular weight excluding hydrogens is 252 g/mol. The molecule has 0 aromatic heterocycles. The number of piperidine rings is 1. The van der Waals surface area contributed by atoms with E-state index < -0.39 is 0 Å². The number of nitrogens with one attached hydrogen (secondary N) is 2. The molecular formula is C16H30N2O2. The van der Waals surface area contributed by atoms with Crippen molar-refractivity contribution in [3.05, 3.63) is 0 Å². The van der Waals surface area contributed by atoms with E-state index in [2.05, 4.69) is 17.6 Å². The second kappa shape index (κ2) is 7.41. The summed E-state index contributed by atoms with van der Waals surface area (Å²) in [5.41, 5.74) is 0.312. The van der Waals surface area contributed by atoms with Crippen molar-refractivity contribution in [2.45, 2.75) is 69.9 Å². The van der Waals surface area contributed by atoms with Crippen molar-refractivity contribution in [2.24, 2.45) is 5.92 Å². The number of methoxy groups -OCH3 is 1. The molecule has 2 unspecified atom stereocenters. The van der Waals surface area contributed by atoms with Gasteiger partial charge in [0.15, 0.2) is 0 Å². The summed E-state index contributed by atoms with van der Waals surface area (Å²) in [6.45, 7) is 3.76. The smallest absolute Gasteiger partial charge is 0.220 e. The maximum absolute atomic E-state index is 12.1. The normalized spacial score (nSPS) is 27.2. The first-order chi connectivity index (χ1) is 9.63. The lowest BCUT2D eigenvalue weighted by Crippen LogP contribution is -2.57. The summed E-state index contributed by atoms with van der Waals surface area (Å²) in [4.78, 5) is 12.1. The van der Waals surface area contributed by atoms with Crippen LogP contribution in [0.25, 0.3) is 0 Å². The molecule has 4 nitrogen and oxygen atoms in total. The quantitative estimate of drug-likeness (QED) is 0.813.